The van der Waals surface area contributed by atoms with Crippen molar-refractivity contribution in [3.8, 4) is 17.2 Å². The van der Waals surface area contributed by atoms with E-state index in [9.17, 15) is 18.0 Å². The molecular formula is C15H10ClF3O4. The summed E-state index contributed by atoms with van der Waals surface area (Å²) in [5.41, 5.74) is -0.538. The number of benzene rings is 2. The van der Waals surface area contributed by atoms with Crippen LogP contribution in [0.5, 0.6) is 17.2 Å². The zero-order valence-electron chi connectivity index (χ0n) is 12.0. The summed E-state index contributed by atoms with van der Waals surface area (Å²) in [5, 5.41) is -0.0632. The molecule has 8 heteroatoms. The Labute approximate surface area is 134 Å². The van der Waals surface area contributed by atoms with Crippen molar-refractivity contribution < 1.29 is 32.2 Å². The molecule has 122 valence electrons. The Kier molecular flexibility index (Phi) is 5.00. The Balaban J connectivity index is 2.57. The van der Waals surface area contributed by atoms with Crippen LogP contribution in [-0.4, -0.2) is 20.2 Å². The topological polar surface area (TPSA) is 44.8 Å². The third-order valence-electron chi connectivity index (χ3n) is 2.85. The number of hydrogen-bond acceptors (Lipinski definition) is 4. The average Bonchev–Trinajstić information content (AvgIpc) is 2.50. The van der Waals surface area contributed by atoms with E-state index in [1.54, 1.807) is 0 Å². The van der Waals surface area contributed by atoms with Crippen LogP contribution in [0.25, 0.3) is 0 Å². The molecule has 0 bridgehead atoms. The number of hydrogen-bond donors (Lipinski definition) is 0. The molecule has 2 aromatic rings. The van der Waals surface area contributed by atoms with Crippen molar-refractivity contribution in [3.63, 3.8) is 0 Å². The van der Waals surface area contributed by atoms with Gasteiger partial charge in [0.2, 0.25) is 11.6 Å². The zero-order chi connectivity index (χ0) is 17.1. The van der Waals surface area contributed by atoms with Crippen LogP contribution in [-0.2, 0) is 4.74 Å². The third-order valence-corrected chi connectivity index (χ3v) is 3.06. The summed E-state index contributed by atoms with van der Waals surface area (Å²) in [6.45, 7) is 0. The van der Waals surface area contributed by atoms with Crippen LogP contribution in [0, 0.1) is 17.5 Å². The molecule has 0 spiro atoms. The van der Waals surface area contributed by atoms with E-state index in [-0.39, 0.29) is 16.5 Å². The largest absolute Gasteiger partial charge is 0.490 e. The van der Waals surface area contributed by atoms with Gasteiger partial charge in [-0.25, -0.2) is 13.6 Å². The van der Waals surface area contributed by atoms with Crippen molar-refractivity contribution in [1.82, 2.24) is 0 Å². The lowest BCUT2D eigenvalue weighted by Gasteiger charge is -2.14. The summed E-state index contributed by atoms with van der Waals surface area (Å²) < 4.78 is 55.3. The summed E-state index contributed by atoms with van der Waals surface area (Å²) in [4.78, 5) is 11.7. The standard InChI is InChI=1S/C15H10ClF3O4/c1-21-14-10(4-3-8(17)13(14)19)23-11-6-7(16)5-9(18)12(11)15(20)22-2/h3-6H,1-2H3. The van der Waals surface area contributed by atoms with Gasteiger partial charge in [0.05, 0.1) is 14.2 Å². The van der Waals surface area contributed by atoms with Crippen LogP contribution >= 0.6 is 11.6 Å². The van der Waals surface area contributed by atoms with Gasteiger partial charge < -0.3 is 14.2 Å². The van der Waals surface area contributed by atoms with Gasteiger partial charge in [0, 0.05) is 11.1 Å². The molecule has 0 aliphatic rings. The minimum atomic E-state index is -1.29. The van der Waals surface area contributed by atoms with Crippen molar-refractivity contribution in [3.05, 3.63) is 52.3 Å². The van der Waals surface area contributed by atoms with Crippen LogP contribution in [0.4, 0.5) is 13.2 Å². The number of rotatable bonds is 4. The Morgan fingerprint density at radius 2 is 1.74 bits per heavy atom. The van der Waals surface area contributed by atoms with E-state index in [1.165, 1.54) is 0 Å². The van der Waals surface area contributed by atoms with Crippen LogP contribution in [0.1, 0.15) is 10.4 Å². The number of carbonyl (C=O) groups excluding carboxylic acids is 1. The SMILES string of the molecule is COC(=O)c1c(F)cc(Cl)cc1Oc1ccc(F)c(F)c1OC. The molecule has 2 rings (SSSR count). The van der Waals surface area contributed by atoms with E-state index in [0.717, 1.165) is 38.5 Å². The highest BCUT2D eigenvalue weighted by atomic mass is 35.5. The highest BCUT2D eigenvalue weighted by Crippen LogP contribution is 2.38. The maximum Gasteiger partial charge on any atom is 0.344 e. The third kappa shape index (κ3) is 3.34. The molecule has 0 aliphatic carbocycles. The van der Waals surface area contributed by atoms with E-state index < -0.39 is 34.7 Å². The second kappa shape index (κ2) is 6.78. The van der Waals surface area contributed by atoms with Gasteiger partial charge in [0.1, 0.15) is 17.1 Å². The van der Waals surface area contributed by atoms with Crippen LogP contribution in [0.3, 0.4) is 0 Å². The summed E-state index contributed by atoms with van der Waals surface area (Å²) in [7, 11) is 2.16. The first-order valence-corrected chi connectivity index (χ1v) is 6.54. The summed E-state index contributed by atoms with van der Waals surface area (Å²) >= 11 is 5.73. The lowest BCUT2D eigenvalue weighted by Crippen LogP contribution is -2.07. The number of carbonyl (C=O) groups is 1. The molecule has 2 aromatic carbocycles. The van der Waals surface area contributed by atoms with Gasteiger partial charge in [-0.05, 0) is 18.2 Å². The molecular weight excluding hydrogens is 337 g/mol. The van der Waals surface area contributed by atoms with Gasteiger partial charge in [0.15, 0.2) is 11.6 Å². The number of esters is 1. The second-order valence-corrected chi connectivity index (χ2v) is 4.68. The van der Waals surface area contributed by atoms with Crippen LogP contribution in [0.2, 0.25) is 5.02 Å². The van der Waals surface area contributed by atoms with Gasteiger partial charge in [0.25, 0.3) is 0 Å². The van der Waals surface area contributed by atoms with Gasteiger partial charge in [-0.3, -0.25) is 0 Å². The monoisotopic (exact) mass is 346 g/mol. The molecule has 4 nitrogen and oxygen atoms in total. The first kappa shape index (κ1) is 17.0. The fraction of sp³-hybridized carbons (Fsp3) is 0.133. The molecule has 0 radical (unpaired) electrons. The maximum atomic E-state index is 13.9. The highest BCUT2D eigenvalue weighted by Gasteiger charge is 2.23. The Morgan fingerprint density at radius 3 is 2.35 bits per heavy atom. The first-order chi connectivity index (χ1) is 10.9. The molecule has 0 aromatic heterocycles. The maximum absolute atomic E-state index is 13.9. The molecule has 0 heterocycles. The van der Waals surface area contributed by atoms with Crippen LogP contribution < -0.4 is 9.47 Å². The molecule has 0 fully saturated rings. The van der Waals surface area contributed by atoms with E-state index in [2.05, 4.69) is 4.74 Å². The van der Waals surface area contributed by atoms with E-state index in [0.29, 0.717) is 0 Å². The number of ether oxygens (including phenoxy) is 3. The average molecular weight is 347 g/mol. The summed E-state index contributed by atoms with van der Waals surface area (Å²) in [6, 6.07) is 3.89. The fourth-order valence-electron chi connectivity index (χ4n) is 1.83. The van der Waals surface area contributed by atoms with E-state index in [4.69, 9.17) is 21.1 Å². The minimum absolute atomic E-state index is 0.0632. The second-order valence-electron chi connectivity index (χ2n) is 4.25. The van der Waals surface area contributed by atoms with Crippen molar-refractivity contribution in [2.24, 2.45) is 0 Å². The molecule has 0 aliphatic heterocycles. The van der Waals surface area contributed by atoms with Crippen molar-refractivity contribution >= 4 is 17.6 Å². The Morgan fingerprint density at radius 1 is 1.04 bits per heavy atom. The van der Waals surface area contributed by atoms with E-state index >= 15 is 0 Å². The predicted octanol–water partition coefficient (Wildman–Crippen LogP) is 4.34. The highest BCUT2D eigenvalue weighted by molar-refractivity contribution is 6.30. The van der Waals surface area contributed by atoms with Crippen molar-refractivity contribution in [1.29, 1.82) is 0 Å². The van der Waals surface area contributed by atoms with Gasteiger partial charge >= 0.3 is 5.97 Å². The van der Waals surface area contributed by atoms with Gasteiger partial charge in [-0.1, -0.05) is 11.6 Å². The van der Waals surface area contributed by atoms with Gasteiger partial charge in [-0.2, -0.15) is 4.39 Å². The molecule has 0 unspecified atom stereocenters. The lowest BCUT2D eigenvalue weighted by atomic mass is 10.2. The lowest BCUT2D eigenvalue weighted by molar-refractivity contribution is 0.0592. The smallest absolute Gasteiger partial charge is 0.344 e. The normalized spacial score (nSPS) is 10.3. The quantitative estimate of drug-likeness (QED) is 0.772. The van der Waals surface area contributed by atoms with Crippen molar-refractivity contribution in [2.75, 3.05) is 14.2 Å². The molecule has 23 heavy (non-hydrogen) atoms. The van der Waals surface area contributed by atoms with Crippen molar-refractivity contribution in [2.45, 2.75) is 0 Å². The Bertz CT molecular complexity index is 765. The minimum Gasteiger partial charge on any atom is -0.490 e. The first-order valence-electron chi connectivity index (χ1n) is 6.16. The molecule has 0 saturated carbocycles. The molecule has 0 saturated heterocycles. The summed E-state index contributed by atoms with van der Waals surface area (Å²) in [6.07, 6.45) is 0. The van der Waals surface area contributed by atoms with Gasteiger partial charge in [-0.15, -0.1) is 0 Å². The number of methoxy groups -OCH3 is 2. The Hall–Kier alpha value is -2.41. The number of halogens is 4. The zero-order valence-corrected chi connectivity index (χ0v) is 12.7. The summed E-state index contributed by atoms with van der Waals surface area (Å²) in [5.74, 6) is -5.58. The predicted molar refractivity (Wildman–Crippen MR) is 75.7 cm³/mol. The fourth-order valence-corrected chi connectivity index (χ4v) is 2.03. The molecule has 0 atom stereocenters. The van der Waals surface area contributed by atoms with Crippen LogP contribution in [0.15, 0.2) is 24.3 Å². The molecule has 0 N–H and O–H groups in total. The van der Waals surface area contributed by atoms with E-state index in [1.807, 2.05) is 0 Å². The molecule has 0 amide bonds.